The van der Waals surface area contributed by atoms with Gasteiger partial charge in [0.15, 0.2) is 0 Å². The third-order valence-electron chi connectivity index (χ3n) is 5.40. The molecule has 0 N–H and O–H groups in total. The Morgan fingerprint density at radius 1 is 0.650 bits per heavy atom. The average molecular weight is 281 g/mol. The Hall–Kier alpha value is 0. The number of hydrogen-bond donors (Lipinski definition) is 0. The molecule has 0 amide bonds. The van der Waals surface area contributed by atoms with E-state index in [2.05, 4.69) is 27.7 Å². The summed E-state index contributed by atoms with van der Waals surface area (Å²) in [4.78, 5) is 0. The standard InChI is InChI=1S/C20H40/c1-18(2)12-8-5-6-9-14-20(17-13-19(3)4)15-10-7-11-16-20/h18-19H,5-17H2,1-4H3. The molecule has 0 aromatic heterocycles. The van der Waals surface area contributed by atoms with Crippen LogP contribution in [0.15, 0.2) is 0 Å². The Balaban J connectivity index is 2.22. The summed E-state index contributed by atoms with van der Waals surface area (Å²) in [5, 5.41) is 0. The molecule has 1 saturated carbocycles. The first-order chi connectivity index (χ1) is 9.54. The molecule has 0 nitrogen and oxygen atoms in total. The minimum Gasteiger partial charge on any atom is -0.0628 e. The van der Waals surface area contributed by atoms with E-state index >= 15 is 0 Å². The molecule has 0 unspecified atom stereocenters. The van der Waals surface area contributed by atoms with Gasteiger partial charge in [-0.25, -0.2) is 0 Å². The lowest BCUT2D eigenvalue weighted by molar-refractivity contribution is 0.141. The van der Waals surface area contributed by atoms with Crippen molar-refractivity contribution in [3.63, 3.8) is 0 Å². The van der Waals surface area contributed by atoms with Crippen molar-refractivity contribution in [2.75, 3.05) is 0 Å². The Bertz CT molecular complexity index is 220. The van der Waals surface area contributed by atoms with Gasteiger partial charge in [0, 0.05) is 0 Å². The third kappa shape index (κ3) is 7.70. The van der Waals surface area contributed by atoms with Crippen molar-refractivity contribution < 1.29 is 0 Å². The fourth-order valence-electron chi connectivity index (χ4n) is 3.93. The maximum absolute atomic E-state index is 2.39. The molecule has 1 rings (SSSR count). The van der Waals surface area contributed by atoms with Gasteiger partial charge in [0.05, 0.1) is 0 Å². The lowest BCUT2D eigenvalue weighted by Crippen LogP contribution is -2.24. The molecule has 20 heavy (non-hydrogen) atoms. The maximum atomic E-state index is 2.39. The summed E-state index contributed by atoms with van der Waals surface area (Å²) in [6.07, 6.45) is 19.4. The molecular weight excluding hydrogens is 240 g/mol. The van der Waals surface area contributed by atoms with Gasteiger partial charge >= 0.3 is 0 Å². The van der Waals surface area contributed by atoms with Crippen LogP contribution in [0.4, 0.5) is 0 Å². The summed E-state index contributed by atoms with van der Waals surface area (Å²) in [5.41, 5.74) is 0.751. The molecule has 0 aromatic carbocycles. The molecule has 0 spiro atoms. The van der Waals surface area contributed by atoms with Gasteiger partial charge in [0.2, 0.25) is 0 Å². The molecular formula is C20H40. The molecule has 0 heterocycles. The zero-order valence-electron chi connectivity index (χ0n) is 14.8. The molecule has 0 radical (unpaired) electrons. The predicted molar refractivity (Wildman–Crippen MR) is 92.1 cm³/mol. The smallest absolute Gasteiger partial charge is 0.0297 e. The van der Waals surface area contributed by atoms with Crippen LogP contribution in [0.3, 0.4) is 0 Å². The summed E-state index contributed by atoms with van der Waals surface area (Å²) in [6.45, 7) is 9.48. The van der Waals surface area contributed by atoms with Crippen LogP contribution in [0.25, 0.3) is 0 Å². The SMILES string of the molecule is CC(C)CCCCCCC1(CCC(C)C)CCCCC1. The molecule has 0 aliphatic heterocycles. The van der Waals surface area contributed by atoms with Crippen molar-refractivity contribution in [1.29, 1.82) is 0 Å². The van der Waals surface area contributed by atoms with Gasteiger partial charge in [-0.2, -0.15) is 0 Å². The highest BCUT2D eigenvalue weighted by molar-refractivity contribution is 4.83. The van der Waals surface area contributed by atoms with E-state index in [4.69, 9.17) is 0 Å². The molecule has 1 aliphatic rings. The van der Waals surface area contributed by atoms with Gasteiger partial charge in [-0.05, 0) is 42.9 Å². The summed E-state index contributed by atoms with van der Waals surface area (Å²) in [6, 6.07) is 0. The normalized spacial score (nSPS) is 18.9. The summed E-state index contributed by atoms with van der Waals surface area (Å²) >= 11 is 0. The van der Waals surface area contributed by atoms with Crippen LogP contribution in [-0.4, -0.2) is 0 Å². The highest BCUT2D eigenvalue weighted by atomic mass is 14.4. The molecule has 0 saturated heterocycles. The first-order valence-electron chi connectivity index (χ1n) is 9.54. The summed E-state index contributed by atoms with van der Waals surface area (Å²) in [5.74, 6) is 1.78. The lowest BCUT2D eigenvalue weighted by Gasteiger charge is -2.38. The van der Waals surface area contributed by atoms with Crippen LogP contribution < -0.4 is 0 Å². The minimum absolute atomic E-state index is 0.751. The van der Waals surface area contributed by atoms with E-state index in [0.717, 1.165) is 17.3 Å². The zero-order valence-corrected chi connectivity index (χ0v) is 14.8. The van der Waals surface area contributed by atoms with E-state index in [1.807, 2.05) is 0 Å². The van der Waals surface area contributed by atoms with Gasteiger partial charge in [0.1, 0.15) is 0 Å². The van der Waals surface area contributed by atoms with E-state index in [1.54, 1.807) is 0 Å². The molecule has 0 atom stereocenters. The summed E-state index contributed by atoms with van der Waals surface area (Å²) < 4.78 is 0. The first-order valence-corrected chi connectivity index (χ1v) is 9.54. The van der Waals surface area contributed by atoms with Gasteiger partial charge in [-0.3, -0.25) is 0 Å². The topological polar surface area (TPSA) is 0 Å². The fourth-order valence-corrected chi connectivity index (χ4v) is 3.93. The first kappa shape index (κ1) is 18.1. The van der Waals surface area contributed by atoms with E-state index in [1.165, 1.54) is 83.5 Å². The lowest BCUT2D eigenvalue weighted by atomic mass is 9.67. The Morgan fingerprint density at radius 2 is 1.25 bits per heavy atom. The van der Waals surface area contributed by atoms with E-state index in [-0.39, 0.29) is 0 Å². The molecule has 0 heteroatoms. The van der Waals surface area contributed by atoms with Crippen LogP contribution in [0, 0.1) is 17.3 Å². The van der Waals surface area contributed by atoms with E-state index in [9.17, 15) is 0 Å². The Labute approximate surface area is 129 Å². The number of unbranched alkanes of at least 4 members (excludes halogenated alkanes) is 3. The van der Waals surface area contributed by atoms with Crippen LogP contribution in [0.1, 0.15) is 111 Å². The highest BCUT2D eigenvalue weighted by Gasteiger charge is 2.30. The van der Waals surface area contributed by atoms with E-state index in [0.29, 0.717) is 0 Å². The van der Waals surface area contributed by atoms with Crippen molar-refractivity contribution in [3.05, 3.63) is 0 Å². The molecule has 1 fully saturated rings. The Morgan fingerprint density at radius 3 is 1.85 bits per heavy atom. The van der Waals surface area contributed by atoms with Crippen molar-refractivity contribution >= 4 is 0 Å². The zero-order chi connectivity index (χ0) is 14.8. The molecule has 0 aromatic rings. The fraction of sp³-hybridized carbons (Fsp3) is 1.00. The Kier molecular flexibility index (Phi) is 8.89. The monoisotopic (exact) mass is 280 g/mol. The van der Waals surface area contributed by atoms with Gasteiger partial charge < -0.3 is 0 Å². The van der Waals surface area contributed by atoms with Crippen LogP contribution in [0.5, 0.6) is 0 Å². The third-order valence-corrected chi connectivity index (χ3v) is 5.40. The molecule has 0 bridgehead atoms. The second-order valence-electron chi connectivity index (χ2n) is 8.34. The van der Waals surface area contributed by atoms with Crippen LogP contribution in [0.2, 0.25) is 0 Å². The van der Waals surface area contributed by atoms with Gasteiger partial charge in [0.25, 0.3) is 0 Å². The van der Waals surface area contributed by atoms with Crippen molar-refractivity contribution in [1.82, 2.24) is 0 Å². The minimum atomic E-state index is 0.751. The molecule has 1 aliphatic carbocycles. The highest BCUT2D eigenvalue weighted by Crippen LogP contribution is 2.45. The average Bonchev–Trinajstić information content (AvgIpc) is 2.41. The largest absolute Gasteiger partial charge is 0.0628 e. The summed E-state index contributed by atoms with van der Waals surface area (Å²) in [7, 11) is 0. The maximum Gasteiger partial charge on any atom is -0.0297 e. The second kappa shape index (κ2) is 9.85. The van der Waals surface area contributed by atoms with Gasteiger partial charge in [-0.1, -0.05) is 85.5 Å². The van der Waals surface area contributed by atoms with Gasteiger partial charge in [-0.15, -0.1) is 0 Å². The van der Waals surface area contributed by atoms with Crippen molar-refractivity contribution in [2.24, 2.45) is 17.3 Å². The molecule has 120 valence electrons. The van der Waals surface area contributed by atoms with Crippen molar-refractivity contribution in [2.45, 2.75) is 111 Å². The van der Waals surface area contributed by atoms with Crippen LogP contribution in [-0.2, 0) is 0 Å². The predicted octanol–water partition coefficient (Wildman–Crippen LogP) is 7.37. The second-order valence-corrected chi connectivity index (χ2v) is 8.34. The van der Waals surface area contributed by atoms with Crippen LogP contribution >= 0.6 is 0 Å². The number of rotatable bonds is 10. The van der Waals surface area contributed by atoms with Crippen molar-refractivity contribution in [3.8, 4) is 0 Å². The quantitative estimate of drug-likeness (QED) is 0.366. The van der Waals surface area contributed by atoms with E-state index < -0.39 is 0 Å². The number of hydrogen-bond acceptors (Lipinski definition) is 0.